The number of aromatic nitrogens is 4. The molecule has 1 amide bonds. The van der Waals surface area contributed by atoms with Gasteiger partial charge in [0.25, 0.3) is 5.56 Å². The van der Waals surface area contributed by atoms with Crippen LogP contribution in [0.1, 0.15) is 17.5 Å². The number of aryl methyl sites for hydroxylation is 3. The first kappa shape index (κ1) is 17.7. The molecule has 8 nitrogen and oxygen atoms in total. The van der Waals surface area contributed by atoms with Gasteiger partial charge in [-0.25, -0.2) is 9.78 Å². The quantitative estimate of drug-likeness (QED) is 0.758. The van der Waals surface area contributed by atoms with Crippen LogP contribution >= 0.6 is 0 Å². The maximum atomic E-state index is 12.4. The monoisotopic (exact) mass is 355 g/mol. The van der Waals surface area contributed by atoms with Crippen molar-refractivity contribution in [2.45, 2.75) is 26.8 Å². The number of anilines is 1. The van der Waals surface area contributed by atoms with Crippen molar-refractivity contribution in [2.24, 2.45) is 14.1 Å². The van der Waals surface area contributed by atoms with Crippen molar-refractivity contribution in [2.75, 3.05) is 5.32 Å². The van der Waals surface area contributed by atoms with Gasteiger partial charge in [-0.3, -0.25) is 18.7 Å². The van der Waals surface area contributed by atoms with E-state index in [1.807, 2.05) is 32.0 Å². The lowest BCUT2D eigenvalue weighted by Gasteiger charge is -2.11. The first-order valence-electron chi connectivity index (χ1n) is 8.28. The van der Waals surface area contributed by atoms with Gasteiger partial charge in [0.1, 0.15) is 0 Å². The maximum Gasteiger partial charge on any atom is 0.332 e. The highest BCUT2D eigenvalue weighted by Gasteiger charge is 2.15. The Kier molecular flexibility index (Phi) is 4.50. The molecule has 0 bridgehead atoms. The molecule has 0 saturated heterocycles. The summed E-state index contributed by atoms with van der Waals surface area (Å²) in [7, 11) is 2.99. The van der Waals surface area contributed by atoms with Crippen LogP contribution in [0, 0.1) is 13.8 Å². The minimum absolute atomic E-state index is 0.151. The molecular weight excluding hydrogens is 334 g/mol. The predicted octanol–water partition coefficient (Wildman–Crippen LogP) is 1.08. The zero-order valence-corrected chi connectivity index (χ0v) is 15.2. The van der Waals surface area contributed by atoms with E-state index in [9.17, 15) is 14.4 Å². The molecule has 0 unspecified atom stereocenters. The van der Waals surface area contributed by atoms with Gasteiger partial charge >= 0.3 is 5.69 Å². The Labute approximate surface area is 149 Å². The van der Waals surface area contributed by atoms with Crippen molar-refractivity contribution < 1.29 is 4.79 Å². The van der Waals surface area contributed by atoms with Crippen LogP contribution in [-0.2, 0) is 25.4 Å². The first-order valence-corrected chi connectivity index (χ1v) is 8.28. The molecule has 2 heterocycles. The maximum absolute atomic E-state index is 12.4. The van der Waals surface area contributed by atoms with Crippen LogP contribution in [0.5, 0.6) is 0 Å². The van der Waals surface area contributed by atoms with E-state index in [-0.39, 0.29) is 12.3 Å². The van der Waals surface area contributed by atoms with Gasteiger partial charge in [-0.1, -0.05) is 12.1 Å². The van der Waals surface area contributed by atoms with Gasteiger partial charge in [0, 0.05) is 32.7 Å². The topological polar surface area (TPSA) is 90.9 Å². The Morgan fingerprint density at radius 3 is 2.62 bits per heavy atom. The SMILES string of the molecule is Cc1cccc(NC(=O)CCn2cnc3c2c(=O)n(C)c(=O)n3C)c1C. The highest BCUT2D eigenvalue weighted by Crippen LogP contribution is 2.18. The number of amides is 1. The summed E-state index contributed by atoms with van der Waals surface area (Å²) >= 11 is 0. The fourth-order valence-electron chi connectivity index (χ4n) is 2.89. The zero-order valence-electron chi connectivity index (χ0n) is 15.2. The molecule has 3 aromatic rings. The summed E-state index contributed by atoms with van der Waals surface area (Å²) in [5.41, 5.74) is 2.69. The molecule has 0 radical (unpaired) electrons. The molecule has 26 heavy (non-hydrogen) atoms. The Morgan fingerprint density at radius 1 is 1.15 bits per heavy atom. The van der Waals surface area contributed by atoms with Crippen molar-refractivity contribution in [1.82, 2.24) is 18.7 Å². The number of nitrogens with zero attached hydrogens (tertiary/aromatic N) is 4. The number of carbonyl (C=O) groups is 1. The summed E-state index contributed by atoms with van der Waals surface area (Å²) in [4.78, 5) is 40.8. The number of imidazole rings is 1. The van der Waals surface area contributed by atoms with E-state index in [0.29, 0.717) is 17.7 Å². The summed E-state index contributed by atoms with van der Waals surface area (Å²) in [5.74, 6) is -0.151. The smallest absolute Gasteiger partial charge is 0.326 e. The average Bonchev–Trinajstić information content (AvgIpc) is 3.04. The van der Waals surface area contributed by atoms with E-state index < -0.39 is 11.2 Å². The molecular formula is C18H21N5O3. The van der Waals surface area contributed by atoms with Crippen LogP contribution in [0.3, 0.4) is 0 Å². The highest BCUT2D eigenvalue weighted by molar-refractivity contribution is 5.91. The molecule has 8 heteroatoms. The van der Waals surface area contributed by atoms with Crippen molar-refractivity contribution in [3.05, 3.63) is 56.5 Å². The Morgan fingerprint density at radius 2 is 1.88 bits per heavy atom. The van der Waals surface area contributed by atoms with E-state index in [4.69, 9.17) is 0 Å². The average molecular weight is 355 g/mol. The number of nitrogens with one attached hydrogen (secondary N) is 1. The first-order chi connectivity index (χ1) is 12.3. The molecule has 0 saturated carbocycles. The number of carbonyl (C=O) groups excluding carboxylic acids is 1. The summed E-state index contributed by atoms with van der Waals surface area (Å²) < 4.78 is 3.97. The van der Waals surface area contributed by atoms with Gasteiger partial charge < -0.3 is 9.88 Å². The van der Waals surface area contributed by atoms with Crippen LogP contribution in [0.25, 0.3) is 11.2 Å². The lowest BCUT2D eigenvalue weighted by Crippen LogP contribution is -2.37. The second kappa shape index (κ2) is 6.62. The van der Waals surface area contributed by atoms with E-state index >= 15 is 0 Å². The number of rotatable bonds is 4. The molecule has 0 fully saturated rings. The second-order valence-corrected chi connectivity index (χ2v) is 6.36. The number of hydrogen-bond acceptors (Lipinski definition) is 4. The largest absolute Gasteiger partial charge is 0.332 e. The molecule has 0 aliphatic carbocycles. The van der Waals surface area contributed by atoms with Crippen LogP contribution in [-0.4, -0.2) is 24.6 Å². The molecule has 0 aliphatic heterocycles. The van der Waals surface area contributed by atoms with E-state index in [0.717, 1.165) is 21.4 Å². The lowest BCUT2D eigenvalue weighted by molar-refractivity contribution is -0.116. The fraction of sp³-hybridized carbons (Fsp3) is 0.333. The van der Waals surface area contributed by atoms with Crippen LogP contribution in [0.2, 0.25) is 0 Å². The molecule has 0 spiro atoms. The third-order valence-electron chi connectivity index (χ3n) is 4.68. The predicted molar refractivity (Wildman–Crippen MR) is 99.4 cm³/mol. The van der Waals surface area contributed by atoms with E-state index in [1.165, 1.54) is 17.9 Å². The molecule has 1 aromatic carbocycles. The fourth-order valence-corrected chi connectivity index (χ4v) is 2.89. The third kappa shape index (κ3) is 2.94. The minimum atomic E-state index is -0.430. The number of fused-ring (bicyclic) bond motifs is 1. The van der Waals surface area contributed by atoms with Crippen molar-refractivity contribution in [3.63, 3.8) is 0 Å². The molecule has 0 aliphatic rings. The lowest BCUT2D eigenvalue weighted by atomic mass is 10.1. The van der Waals surface area contributed by atoms with Gasteiger partial charge in [0.05, 0.1) is 6.33 Å². The van der Waals surface area contributed by atoms with Gasteiger partial charge in [-0.15, -0.1) is 0 Å². The molecule has 136 valence electrons. The second-order valence-electron chi connectivity index (χ2n) is 6.36. The highest BCUT2D eigenvalue weighted by atomic mass is 16.2. The van der Waals surface area contributed by atoms with Gasteiger partial charge in [-0.05, 0) is 31.0 Å². The number of hydrogen-bond donors (Lipinski definition) is 1. The number of benzene rings is 1. The van der Waals surface area contributed by atoms with E-state index in [1.54, 1.807) is 11.6 Å². The molecule has 0 atom stereocenters. The summed E-state index contributed by atoms with van der Waals surface area (Å²) in [6, 6.07) is 5.74. The summed E-state index contributed by atoms with van der Waals surface area (Å²) in [6.45, 7) is 4.24. The van der Waals surface area contributed by atoms with Crippen molar-refractivity contribution in [3.8, 4) is 0 Å². The third-order valence-corrected chi connectivity index (χ3v) is 4.68. The Balaban J connectivity index is 1.82. The van der Waals surface area contributed by atoms with Gasteiger partial charge in [-0.2, -0.15) is 0 Å². The van der Waals surface area contributed by atoms with Gasteiger partial charge in [0.15, 0.2) is 11.2 Å². The zero-order chi connectivity index (χ0) is 19.0. The van der Waals surface area contributed by atoms with Crippen molar-refractivity contribution in [1.29, 1.82) is 0 Å². The molecule has 2 aromatic heterocycles. The van der Waals surface area contributed by atoms with Gasteiger partial charge in [0.2, 0.25) is 5.91 Å². The van der Waals surface area contributed by atoms with Crippen molar-refractivity contribution >= 4 is 22.8 Å². The van der Waals surface area contributed by atoms with Crippen LogP contribution in [0.4, 0.5) is 5.69 Å². The summed E-state index contributed by atoms with van der Waals surface area (Å²) in [6.07, 6.45) is 1.67. The Bertz CT molecular complexity index is 1120. The molecule has 1 N–H and O–H groups in total. The Hall–Kier alpha value is -3.16. The molecule has 3 rings (SSSR count). The normalized spacial score (nSPS) is 11.1. The standard InChI is InChI=1S/C18H21N5O3/c1-11-6-5-7-13(12(11)2)20-14(24)8-9-23-10-19-16-15(23)17(25)22(4)18(26)21(16)3/h5-7,10H,8-9H2,1-4H3,(H,20,24). The van der Waals surface area contributed by atoms with E-state index in [2.05, 4.69) is 10.3 Å². The minimum Gasteiger partial charge on any atom is -0.326 e. The van der Waals surface area contributed by atoms with Crippen LogP contribution < -0.4 is 16.6 Å². The van der Waals surface area contributed by atoms with Crippen LogP contribution in [0.15, 0.2) is 34.1 Å². The summed E-state index contributed by atoms with van der Waals surface area (Å²) in [5, 5.41) is 2.90.